The monoisotopic (exact) mass is 246 g/mol. The van der Waals surface area contributed by atoms with Crippen LogP contribution in [0.4, 0.5) is 0 Å². The second-order valence-electron chi connectivity index (χ2n) is 4.75. The summed E-state index contributed by atoms with van der Waals surface area (Å²) < 4.78 is 0. The first-order valence-corrected chi connectivity index (χ1v) is 6.16. The molecule has 0 bridgehead atoms. The standard InChI is InChI=1S/C14H18N2O2/c1-9(12-7-5-4-6-8-12)15-14(18)13-10(2)16(13)11(3)17/h4-10,13H,1-3H3,(H,15,18)/t9-,10+,13+,16?/m0/s1. The number of benzene rings is 1. The zero-order valence-corrected chi connectivity index (χ0v) is 10.9. The quantitative estimate of drug-likeness (QED) is 0.821. The maximum absolute atomic E-state index is 12.0. The topological polar surface area (TPSA) is 49.2 Å². The Morgan fingerprint density at radius 2 is 1.89 bits per heavy atom. The molecule has 1 fully saturated rings. The van der Waals surface area contributed by atoms with Crippen LogP contribution in [0.1, 0.15) is 32.4 Å². The van der Waals surface area contributed by atoms with Gasteiger partial charge in [-0.1, -0.05) is 30.3 Å². The van der Waals surface area contributed by atoms with E-state index in [0.29, 0.717) is 0 Å². The first kappa shape index (κ1) is 12.6. The zero-order valence-electron chi connectivity index (χ0n) is 10.9. The van der Waals surface area contributed by atoms with Crippen molar-refractivity contribution in [3.05, 3.63) is 35.9 Å². The van der Waals surface area contributed by atoms with E-state index in [1.807, 2.05) is 44.2 Å². The summed E-state index contributed by atoms with van der Waals surface area (Å²) in [6.07, 6.45) is 0. The van der Waals surface area contributed by atoms with Gasteiger partial charge in [-0.3, -0.25) is 9.59 Å². The Hall–Kier alpha value is -1.84. The summed E-state index contributed by atoms with van der Waals surface area (Å²) in [4.78, 5) is 24.8. The summed E-state index contributed by atoms with van der Waals surface area (Å²) in [6.45, 7) is 5.32. The Morgan fingerprint density at radius 1 is 1.28 bits per heavy atom. The van der Waals surface area contributed by atoms with Crippen molar-refractivity contribution in [1.82, 2.24) is 10.2 Å². The maximum atomic E-state index is 12.0. The van der Waals surface area contributed by atoms with Gasteiger partial charge in [0.15, 0.2) is 0 Å². The molecule has 3 atom stereocenters. The molecule has 1 aliphatic rings. The van der Waals surface area contributed by atoms with Crippen LogP contribution in [0.3, 0.4) is 0 Å². The molecule has 18 heavy (non-hydrogen) atoms. The smallest absolute Gasteiger partial charge is 0.245 e. The number of hydrogen-bond acceptors (Lipinski definition) is 2. The Balaban J connectivity index is 1.95. The van der Waals surface area contributed by atoms with E-state index in [-0.39, 0.29) is 29.9 Å². The molecule has 4 nitrogen and oxygen atoms in total. The minimum atomic E-state index is -0.298. The van der Waals surface area contributed by atoms with Crippen LogP contribution >= 0.6 is 0 Å². The largest absolute Gasteiger partial charge is 0.348 e. The lowest BCUT2D eigenvalue weighted by atomic mass is 10.1. The van der Waals surface area contributed by atoms with Crippen LogP contribution in [0.5, 0.6) is 0 Å². The number of carbonyl (C=O) groups is 2. The van der Waals surface area contributed by atoms with E-state index in [4.69, 9.17) is 0 Å². The summed E-state index contributed by atoms with van der Waals surface area (Å²) in [5.41, 5.74) is 1.06. The van der Waals surface area contributed by atoms with E-state index in [9.17, 15) is 9.59 Å². The number of nitrogens with one attached hydrogen (secondary N) is 1. The summed E-state index contributed by atoms with van der Waals surface area (Å²) in [5.74, 6) is -0.121. The number of amides is 2. The van der Waals surface area contributed by atoms with E-state index in [1.165, 1.54) is 6.92 Å². The Kier molecular flexibility index (Phi) is 3.36. The van der Waals surface area contributed by atoms with Crippen LogP contribution in [-0.2, 0) is 9.59 Å². The van der Waals surface area contributed by atoms with Crippen molar-refractivity contribution in [2.24, 2.45) is 0 Å². The Bertz CT molecular complexity index is 458. The van der Waals surface area contributed by atoms with Gasteiger partial charge < -0.3 is 10.2 Å². The third-order valence-corrected chi connectivity index (χ3v) is 3.40. The molecule has 2 rings (SSSR count). The highest BCUT2D eigenvalue weighted by atomic mass is 16.2. The maximum Gasteiger partial charge on any atom is 0.245 e. The van der Waals surface area contributed by atoms with Crippen molar-refractivity contribution < 1.29 is 9.59 Å². The van der Waals surface area contributed by atoms with Gasteiger partial charge in [0.1, 0.15) is 6.04 Å². The highest BCUT2D eigenvalue weighted by Gasteiger charge is 2.51. The van der Waals surface area contributed by atoms with E-state index < -0.39 is 0 Å². The lowest BCUT2D eigenvalue weighted by Crippen LogP contribution is -2.33. The van der Waals surface area contributed by atoms with E-state index in [1.54, 1.807) is 4.90 Å². The molecule has 1 aromatic carbocycles. The second-order valence-corrected chi connectivity index (χ2v) is 4.75. The van der Waals surface area contributed by atoms with Crippen molar-refractivity contribution in [3.8, 4) is 0 Å². The second kappa shape index (κ2) is 4.80. The van der Waals surface area contributed by atoms with Gasteiger partial charge in [0.25, 0.3) is 0 Å². The normalized spacial score (nSPS) is 23.4. The van der Waals surface area contributed by atoms with Gasteiger partial charge in [-0.25, -0.2) is 0 Å². The lowest BCUT2D eigenvalue weighted by Gasteiger charge is -2.13. The number of rotatable bonds is 3. The summed E-state index contributed by atoms with van der Waals surface area (Å²) in [5, 5.41) is 2.94. The fourth-order valence-corrected chi connectivity index (χ4v) is 2.30. The molecule has 1 saturated heterocycles. The van der Waals surface area contributed by atoms with E-state index in [2.05, 4.69) is 5.32 Å². The highest BCUT2D eigenvalue weighted by Crippen LogP contribution is 2.28. The molecular weight excluding hydrogens is 228 g/mol. The summed E-state index contributed by atoms with van der Waals surface area (Å²) >= 11 is 0. The molecule has 96 valence electrons. The minimum absolute atomic E-state index is 0.0190. The number of hydrogen-bond donors (Lipinski definition) is 1. The summed E-state index contributed by atoms with van der Waals surface area (Å²) in [7, 11) is 0. The zero-order chi connectivity index (χ0) is 13.3. The average Bonchev–Trinajstić information content (AvgIpc) is 3.02. The third-order valence-electron chi connectivity index (χ3n) is 3.40. The first-order chi connectivity index (χ1) is 8.52. The van der Waals surface area contributed by atoms with Crippen molar-refractivity contribution in [2.45, 2.75) is 38.9 Å². The van der Waals surface area contributed by atoms with Crippen LogP contribution in [0, 0.1) is 0 Å². The van der Waals surface area contributed by atoms with Gasteiger partial charge >= 0.3 is 0 Å². The molecule has 0 unspecified atom stereocenters. The van der Waals surface area contributed by atoms with Crippen LogP contribution in [0.15, 0.2) is 30.3 Å². The summed E-state index contributed by atoms with van der Waals surface area (Å²) in [6, 6.07) is 9.46. The molecular formula is C14H18N2O2. The third kappa shape index (κ3) is 2.37. The molecule has 0 radical (unpaired) electrons. The molecule has 0 saturated carbocycles. The Morgan fingerprint density at radius 3 is 2.39 bits per heavy atom. The fourth-order valence-electron chi connectivity index (χ4n) is 2.30. The molecule has 2 amide bonds. The van der Waals surface area contributed by atoms with Gasteiger partial charge in [0.2, 0.25) is 11.8 Å². The highest BCUT2D eigenvalue weighted by molar-refractivity contribution is 5.93. The van der Waals surface area contributed by atoms with Crippen molar-refractivity contribution in [2.75, 3.05) is 0 Å². The molecule has 0 spiro atoms. The predicted molar refractivity (Wildman–Crippen MR) is 68.8 cm³/mol. The minimum Gasteiger partial charge on any atom is -0.348 e. The van der Waals surface area contributed by atoms with E-state index >= 15 is 0 Å². The van der Waals surface area contributed by atoms with Gasteiger partial charge in [0.05, 0.1) is 12.1 Å². The van der Waals surface area contributed by atoms with Crippen molar-refractivity contribution in [1.29, 1.82) is 0 Å². The van der Waals surface area contributed by atoms with Crippen molar-refractivity contribution >= 4 is 11.8 Å². The first-order valence-electron chi connectivity index (χ1n) is 6.16. The molecule has 1 aliphatic heterocycles. The van der Waals surface area contributed by atoms with Crippen LogP contribution in [-0.4, -0.2) is 28.8 Å². The molecule has 1 N–H and O–H groups in total. The SMILES string of the molecule is CC(=O)N1[C@H](C)[C@@H]1C(=O)N[C@@H](C)c1ccccc1. The predicted octanol–water partition coefficient (Wildman–Crippen LogP) is 1.48. The van der Waals surface area contributed by atoms with Gasteiger partial charge in [-0.05, 0) is 19.4 Å². The molecule has 1 aromatic rings. The van der Waals surface area contributed by atoms with Gasteiger partial charge in [0, 0.05) is 6.92 Å². The molecule has 0 aromatic heterocycles. The molecule has 1 heterocycles. The average molecular weight is 246 g/mol. The fraction of sp³-hybridized carbons (Fsp3) is 0.429. The number of nitrogens with zero attached hydrogens (tertiary/aromatic N) is 1. The van der Waals surface area contributed by atoms with E-state index in [0.717, 1.165) is 5.56 Å². The number of carbonyl (C=O) groups excluding carboxylic acids is 2. The van der Waals surface area contributed by atoms with Gasteiger partial charge in [-0.15, -0.1) is 0 Å². The molecule has 0 aliphatic carbocycles. The Labute approximate surface area is 107 Å². The lowest BCUT2D eigenvalue weighted by molar-refractivity contribution is -0.128. The molecule has 4 heteroatoms. The van der Waals surface area contributed by atoms with Gasteiger partial charge in [-0.2, -0.15) is 0 Å². The van der Waals surface area contributed by atoms with Crippen molar-refractivity contribution in [3.63, 3.8) is 0 Å². The van der Waals surface area contributed by atoms with Crippen LogP contribution in [0.2, 0.25) is 0 Å². The van der Waals surface area contributed by atoms with Crippen LogP contribution in [0.25, 0.3) is 0 Å². The van der Waals surface area contributed by atoms with Crippen LogP contribution < -0.4 is 5.32 Å².